The van der Waals surface area contributed by atoms with Crippen LogP contribution < -0.4 is 9.84 Å². The molecule has 1 aromatic heterocycles. The Balaban J connectivity index is 1.80. The van der Waals surface area contributed by atoms with Crippen LogP contribution in [0.1, 0.15) is 18.9 Å². The van der Waals surface area contributed by atoms with E-state index in [4.69, 9.17) is 4.74 Å². The molecule has 30 heavy (non-hydrogen) atoms. The second-order valence-corrected chi connectivity index (χ2v) is 8.25. The molecule has 0 radical (unpaired) electrons. The second kappa shape index (κ2) is 9.00. The zero-order chi connectivity index (χ0) is 21.7. The van der Waals surface area contributed by atoms with Crippen molar-refractivity contribution < 1.29 is 23.1 Å². The first-order chi connectivity index (χ1) is 14.3. The Bertz CT molecular complexity index is 1170. The van der Waals surface area contributed by atoms with E-state index in [1.54, 1.807) is 43.6 Å². The van der Waals surface area contributed by atoms with Crippen LogP contribution in [0.4, 0.5) is 4.79 Å². The van der Waals surface area contributed by atoms with Crippen LogP contribution in [-0.4, -0.2) is 43.9 Å². The molecule has 3 rings (SSSR count). The van der Waals surface area contributed by atoms with Crippen molar-refractivity contribution in [3.8, 4) is 5.75 Å². The minimum absolute atomic E-state index is 0.0281. The highest BCUT2D eigenvalue weighted by molar-refractivity contribution is 7.90. The SMILES string of the molecule is CCN(C)C(=O)Oc1cccc2[nH]cc(CC/C([O-])=N/S(=O)(=O)c3ccccc3)c12. The maximum atomic E-state index is 12.2. The average Bonchev–Trinajstić information content (AvgIpc) is 3.16. The molecular weight excluding hydrogens is 406 g/mol. The third-order valence-corrected chi connectivity index (χ3v) is 5.92. The van der Waals surface area contributed by atoms with Crippen molar-refractivity contribution in [3.63, 3.8) is 0 Å². The standard InChI is InChI=1S/C21H23N3O5S/c1-3-24(2)21(26)29-18-11-7-10-17-20(18)15(14-22-17)12-13-19(25)23-30(27,28)16-8-5-4-6-9-16/h4-11,14,22H,3,12-13H2,1-2H3,(H,23,25)/p-1. The lowest BCUT2D eigenvalue weighted by molar-refractivity contribution is -0.218. The lowest BCUT2D eigenvalue weighted by Crippen LogP contribution is -2.29. The Morgan fingerprint density at radius 3 is 2.60 bits per heavy atom. The number of fused-ring (bicyclic) bond motifs is 1. The summed E-state index contributed by atoms with van der Waals surface area (Å²) in [6, 6.07) is 12.8. The predicted octanol–water partition coefficient (Wildman–Crippen LogP) is 2.70. The van der Waals surface area contributed by atoms with Crippen molar-refractivity contribution in [2.24, 2.45) is 4.40 Å². The number of sulfonamides is 1. The minimum atomic E-state index is -4.04. The van der Waals surface area contributed by atoms with E-state index in [0.29, 0.717) is 17.7 Å². The summed E-state index contributed by atoms with van der Waals surface area (Å²) in [7, 11) is -2.40. The van der Waals surface area contributed by atoms with E-state index in [1.807, 2.05) is 13.0 Å². The van der Waals surface area contributed by atoms with Gasteiger partial charge in [-0.05, 0) is 55.5 Å². The Hall–Kier alpha value is -3.33. The van der Waals surface area contributed by atoms with Gasteiger partial charge in [0.2, 0.25) is 0 Å². The number of benzene rings is 2. The van der Waals surface area contributed by atoms with Gasteiger partial charge in [-0.25, -0.2) is 4.79 Å². The van der Waals surface area contributed by atoms with Crippen LogP contribution >= 0.6 is 0 Å². The van der Waals surface area contributed by atoms with E-state index in [0.717, 1.165) is 11.1 Å². The molecule has 0 aliphatic rings. The number of amides is 1. The number of rotatable bonds is 7. The van der Waals surface area contributed by atoms with E-state index in [2.05, 4.69) is 9.38 Å². The number of carbonyl (C=O) groups excluding carboxylic acids is 1. The molecule has 1 heterocycles. The Morgan fingerprint density at radius 1 is 1.17 bits per heavy atom. The summed E-state index contributed by atoms with van der Waals surface area (Å²) < 4.78 is 33.3. The van der Waals surface area contributed by atoms with Gasteiger partial charge in [0.1, 0.15) is 5.75 Å². The Kier molecular flexibility index (Phi) is 6.41. The molecule has 0 fully saturated rings. The maximum absolute atomic E-state index is 12.2. The predicted molar refractivity (Wildman–Crippen MR) is 112 cm³/mol. The van der Waals surface area contributed by atoms with Crippen LogP contribution in [0.2, 0.25) is 0 Å². The van der Waals surface area contributed by atoms with Gasteiger partial charge in [-0.15, -0.1) is 0 Å². The first-order valence-corrected chi connectivity index (χ1v) is 10.8. The molecule has 8 nitrogen and oxygen atoms in total. The molecular formula is C21H22N3O5S-. The summed E-state index contributed by atoms with van der Waals surface area (Å²) >= 11 is 0. The molecule has 0 saturated heterocycles. The number of aryl methyl sites for hydroxylation is 1. The van der Waals surface area contributed by atoms with Crippen LogP contribution in [0.25, 0.3) is 10.9 Å². The van der Waals surface area contributed by atoms with Gasteiger partial charge in [0.25, 0.3) is 10.0 Å². The molecule has 158 valence electrons. The third kappa shape index (κ3) is 4.80. The number of ether oxygens (including phenoxy) is 1. The number of hydrogen-bond donors (Lipinski definition) is 1. The van der Waals surface area contributed by atoms with Crippen LogP contribution in [0.5, 0.6) is 5.75 Å². The highest BCUT2D eigenvalue weighted by atomic mass is 32.2. The summed E-state index contributed by atoms with van der Waals surface area (Å²) in [4.78, 5) is 16.6. The first kappa shape index (κ1) is 21.4. The van der Waals surface area contributed by atoms with Gasteiger partial charge >= 0.3 is 6.09 Å². The average molecular weight is 428 g/mol. The van der Waals surface area contributed by atoms with Crippen LogP contribution in [0.15, 0.2) is 64.0 Å². The number of aromatic amines is 1. The van der Waals surface area contributed by atoms with E-state index in [9.17, 15) is 18.3 Å². The Morgan fingerprint density at radius 2 is 1.90 bits per heavy atom. The van der Waals surface area contributed by atoms with Gasteiger partial charge in [0, 0.05) is 30.7 Å². The van der Waals surface area contributed by atoms with Gasteiger partial charge in [-0.1, -0.05) is 24.3 Å². The smallest absolute Gasteiger partial charge is 0.414 e. The second-order valence-electron chi connectivity index (χ2n) is 6.65. The lowest BCUT2D eigenvalue weighted by Gasteiger charge is -2.15. The number of hydrogen-bond acceptors (Lipinski definition) is 5. The number of nitrogens with one attached hydrogen (secondary N) is 1. The van der Waals surface area contributed by atoms with Crippen LogP contribution in [-0.2, 0) is 16.4 Å². The van der Waals surface area contributed by atoms with Crippen LogP contribution in [0.3, 0.4) is 0 Å². The first-order valence-electron chi connectivity index (χ1n) is 9.39. The van der Waals surface area contributed by atoms with Gasteiger partial charge in [0.05, 0.1) is 4.90 Å². The van der Waals surface area contributed by atoms with E-state index < -0.39 is 22.0 Å². The molecule has 1 N–H and O–H groups in total. The van der Waals surface area contributed by atoms with Crippen molar-refractivity contribution in [2.45, 2.75) is 24.7 Å². The summed E-state index contributed by atoms with van der Waals surface area (Å²) in [6.45, 7) is 2.34. The minimum Gasteiger partial charge on any atom is -0.861 e. The van der Waals surface area contributed by atoms with Gasteiger partial charge < -0.3 is 19.7 Å². The van der Waals surface area contributed by atoms with Crippen molar-refractivity contribution in [2.75, 3.05) is 13.6 Å². The number of nitrogens with zero attached hydrogens (tertiary/aromatic N) is 2. The molecule has 0 unspecified atom stereocenters. The van der Waals surface area contributed by atoms with E-state index >= 15 is 0 Å². The summed E-state index contributed by atoms with van der Waals surface area (Å²) in [6.07, 6.45) is 1.36. The third-order valence-electron chi connectivity index (χ3n) is 4.60. The zero-order valence-electron chi connectivity index (χ0n) is 16.7. The maximum Gasteiger partial charge on any atom is 0.414 e. The van der Waals surface area contributed by atoms with Crippen molar-refractivity contribution >= 4 is 32.9 Å². The highest BCUT2D eigenvalue weighted by Crippen LogP contribution is 2.30. The lowest BCUT2D eigenvalue weighted by atomic mass is 10.1. The van der Waals surface area contributed by atoms with Crippen LogP contribution in [0, 0.1) is 0 Å². The summed E-state index contributed by atoms with van der Waals surface area (Å²) in [5.74, 6) is -0.372. The van der Waals surface area contributed by atoms with E-state index in [-0.39, 0.29) is 17.7 Å². The molecule has 1 amide bonds. The fourth-order valence-electron chi connectivity index (χ4n) is 2.87. The summed E-state index contributed by atoms with van der Waals surface area (Å²) in [5.41, 5.74) is 1.48. The molecule has 0 aliphatic carbocycles. The quantitative estimate of drug-likeness (QED) is 0.459. The topological polar surface area (TPSA) is 115 Å². The zero-order valence-corrected chi connectivity index (χ0v) is 17.5. The summed E-state index contributed by atoms with van der Waals surface area (Å²) in [5, 5.41) is 12.9. The van der Waals surface area contributed by atoms with Gasteiger partial charge in [0.15, 0.2) is 0 Å². The molecule has 0 aliphatic heterocycles. The number of aromatic nitrogens is 1. The largest absolute Gasteiger partial charge is 0.861 e. The van der Waals surface area contributed by atoms with Crippen molar-refractivity contribution in [1.82, 2.24) is 9.88 Å². The Labute approximate surface area is 174 Å². The normalized spacial score (nSPS) is 12.1. The van der Waals surface area contributed by atoms with Gasteiger partial charge in [-0.2, -0.15) is 12.8 Å². The molecule has 0 bridgehead atoms. The molecule has 0 saturated carbocycles. The van der Waals surface area contributed by atoms with E-state index in [1.165, 1.54) is 17.0 Å². The van der Waals surface area contributed by atoms with Gasteiger partial charge in [-0.3, -0.25) is 0 Å². The fraction of sp³-hybridized carbons (Fsp3) is 0.238. The molecule has 3 aromatic rings. The monoisotopic (exact) mass is 428 g/mol. The number of H-pyrrole nitrogens is 1. The number of carbonyl (C=O) groups is 1. The molecule has 0 spiro atoms. The van der Waals surface area contributed by atoms with Crippen molar-refractivity contribution in [3.05, 3.63) is 60.3 Å². The highest BCUT2D eigenvalue weighted by Gasteiger charge is 2.15. The molecule has 0 atom stereocenters. The fourth-order valence-corrected chi connectivity index (χ4v) is 3.84. The van der Waals surface area contributed by atoms with Crippen molar-refractivity contribution in [1.29, 1.82) is 0 Å². The molecule has 2 aromatic carbocycles. The molecule has 9 heteroatoms.